The summed E-state index contributed by atoms with van der Waals surface area (Å²) >= 11 is 1.31. The summed E-state index contributed by atoms with van der Waals surface area (Å²) in [5.41, 5.74) is 3.25. The number of nitrogens with zero attached hydrogens (tertiary/aromatic N) is 3. The highest BCUT2D eigenvalue weighted by Gasteiger charge is 2.30. The van der Waals surface area contributed by atoms with E-state index in [1.807, 2.05) is 31.2 Å². The molecule has 220 valence electrons. The minimum Gasteiger partial charge on any atom is -0.337 e. The van der Waals surface area contributed by atoms with E-state index < -0.39 is 11.7 Å². The first-order valence-electron chi connectivity index (χ1n) is 13.5. The standard InChI is InChI=1S/C32H31F4N3O2S/c1-4-17-38(18-23-5-9-25(10-6-23)26-11-13-27(14-12-26)32(34,35)36)29(40)19-39-22(3)21(2)30(41)37-31(39)42-20-24-7-15-28(33)16-8-24/h5-16H,4,17-20H2,1-3H3. The highest BCUT2D eigenvalue weighted by atomic mass is 32.2. The first-order chi connectivity index (χ1) is 20.0. The lowest BCUT2D eigenvalue weighted by atomic mass is 10.0. The van der Waals surface area contributed by atoms with Gasteiger partial charge in [-0.25, -0.2) is 4.39 Å². The van der Waals surface area contributed by atoms with Crippen LogP contribution in [-0.4, -0.2) is 26.9 Å². The van der Waals surface area contributed by atoms with Gasteiger partial charge < -0.3 is 9.47 Å². The lowest BCUT2D eigenvalue weighted by molar-refractivity contribution is -0.137. The van der Waals surface area contributed by atoms with Crippen molar-refractivity contribution in [1.82, 2.24) is 14.5 Å². The van der Waals surface area contributed by atoms with Crippen LogP contribution in [0.5, 0.6) is 0 Å². The number of rotatable bonds is 10. The van der Waals surface area contributed by atoms with E-state index in [4.69, 9.17) is 0 Å². The molecule has 3 aromatic carbocycles. The second-order valence-electron chi connectivity index (χ2n) is 10.00. The maximum Gasteiger partial charge on any atom is 0.416 e. The average Bonchev–Trinajstić information content (AvgIpc) is 2.97. The fraction of sp³-hybridized carbons (Fsp3) is 0.281. The van der Waals surface area contributed by atoms with Crippen molar-refractivity contribution in [2.75, 3.05) is 6.54 Å². The maximum absolute atomic E-state index is 13.6. The largest absolute Gasteiger partial charge is 0.416 e. The third-order valence-corrected chi connectivity index (χ3v) is 8.04. The van der Waals surface area contributed by atoms with Crippen LogP contribution in [0, 0.1) is 19.7 Å². The van der Waals surface area contributed by atoms with Crippen LogP contribution in [-0.2, 0) is 29.8 Å². The van der Waals surface area contributed by atoms with Gasteiger partial charge in [-0.3, -0.25) is 9.59 Å². The van der Waals surface area contributed by atoms with Crippen molar-refractivity contribution < 1.29 is 22.4 Å². The minimum absolute atomic E-state index is 0.00462. The zero-order chi connectivity index (χ0) is 30.4. The lowest BCUT2D eigenvalue weighted by Crippen LogP contribution is -2.35. The number of carbonyl (C=O) groups excluding carboxylic acids is 1. The Morgan fingerprint density at radius 2 is 1.48 bits per heavy atom. The SMILES string of the molecule is CCCN(Cc1ccc(-c2ccc(C(F)(F)F)cc2)cc1)C(=O)Cn1c(SCc2ccc(F)cc2)nc(=O)c(C)c1C. The molecule has 0 aliphatic carbocycles. The van der Waals surface area contributed by atoms with Gasteiger partial charge in [0.2, 0.25) is 5.91 Å². The molecule has 0 saturated heterocycles. The molecule has 0 fully saturated rings. The maximum atomic E-state index is 13.6. The number of halogens is 4. The molecule has 0 spiro atoms. The Kier molecular flexibility index (Phi) is 9.88. The van der Waals surface area contributed by atoms with Crippen LogP contribution in [0.2, 0.25) is 0 Å². The summed E-state index contributed by atoms with van der Waals surface area (Å²) in [5, 5.41) is 0.415. The van der Waals surface area contributed by atoms with Gasteiger partial charge in [-0.15, -0.1) is 0 Å². The van der Waals surface area contributed by atoms with Crippen molar-refractivity contribution >= 4 is 17.7 Å². The molecular formula is C32H31F4N3O2S. The number of alkyl halides is 3. The van der Waals surface area contributed by atoms with E-state index in [1.54, 1.807) is 35.4 Å². The molecule has 1 aromatic heterocycles. The Balaban J connectivity index is 1.50. The molecule has 0 bridgehead atoms. The van der Waals surface area contributed by atoms with Gasteiger partial charge in [-0.1, -0.05) is 67.2 Å². The number of benzene rings is 3. The first-order valence-corrected chi connectivity index (χ1v) is 14.4. The molecule has 5 nitrogen and oxygen atoms in total. The summed E-state index contributed by atoms with van der Waals surface area (Å²) in [6.07, 6.45) is -3.65. The van der Waals surface area contributed by atoms with E-state index in [-0.39, 0.29) is 23.8 Å². The zero-order valence-electron chi connectivity index (χ0n) is 23.5. The zero-order valence-corrected chi connectivity index (χ0v) is 24.4. The number of thioether (sulfide) groups is 1. The molecule has 0 atom stereocenters. The van der Waals surface area contributed by atoms with Crippen LogP contribution in [0.3, 0.4) is 0 Å². The van der Waals surface area contributed by atoms with E-state index in [0.29, 0.717) is 40.8 Å². The molecule has 0 unspecified atom stereocenters. The number of hydrogen-bond donors (Lipinski definition) is 0. The molecular weight excluding hydrogens is 566 g/mol. The second-order valence-corrected chi connectivity index (χ2v) is 10.9. The summed E-state index contributed by atoms with van der Waals surface area (Å²) in [6.45, 7) is 6.32. The summed E-state index contributed by atoms with van der Waals surface area (Å²) in [6, 6.07) is 18.5. The van der Waals surface area contributed by atoms with Crippen molar-refractivity contribution in [2.45, 2.75) is 57.4 Å². The molecule has 0 radical (unpaired) electrons. The van der Waals surface area contributed by atoms with E-state index in [0.717, 1.165) is 35.2 Å². The highest BCUT2D eigenvalue weighted by molar-refractivity contribution is 7.98. The molecule has 10 heteroatoms. The number of amides is 1. The van der Waals surface area contributed by atoms with Crippen molar-refractivity contribution in [3.63, 3.8) is 0 Å². The van der Waals surface area contributed by atoms with E-state index in [1.165, 1.54) is 36.0 Å². The molecule has 0 N–H and O–H groups in total. The molecule has 0 aliphatic rings. The van der Waals surface area contributed by atoms with Gasteiger partial charge in [0.1, 0.15) is 12.4 Å². The summed E-state index contributed by atoms with van der Waals surface area (Å²) in [4.78, 5) is 32.0. The van der Waals surface area contributed by atoms with Gasteiger partial charge in [0.25, 0.3) is 5.56 Å². The molecule has 4 rings (SSSR count). The quantitative estimate of drug-likeness (QED) is 0.109. The third kappa shape index (κ3) is 7.67. The van der Waals surface area contributed by atoms with Crippen LogP contribution in [0.4, 0.5) is 17.6 Å². The van der Waals surface area contributed by atoms with Crippen LogP contribution in [0.15, 0.2) is 82.7 Å². The fourth-order valence-electron chi connectivity index (χ4n) is 4.43. The first kappa shape index (κ1) is 31.0. The highest BCUT2D eigenvalue weighted by Crippen LogP contribution is 2.31. The van der Waals surface area contributed by atoms with Crippen molar-refractivity contribution in [2.24, 2.45) is 0 Å². The number of hydrogen-bond acceptors (Lipinski definition) is 4. The van der Waals surface area contributed by atoms with Crippen molar-refractivity contribution in [3.05, 3.63) is 117 Å². The van der Waals surface area contributed by atoms with Gasteiger partial charge >= 0.3 is 6.18 Å². The summed E-state index contributed by atoms with van der Waals surface area (Å²) in [7, 11) is 0. The van der Waals surface area contributed by atoms with E-state index in [2.05, 4.69) is 4.98 Å². The Labute approximate surface area is 246 Å². The normalized spacial score (nSPS) is 11.5. The monoisotopic (exact) mass is 597 g/mol. The van der Waals surface area contributed by atoms with Gasteiger partial charge in [-0.2, -0.15) is 18.2 Å². The minimum atomic E-state index is -4.39. The molecule has 0 saturated carbocycles. The van der Waals surface area contributed by atoms with E-state index in [9.17, 15) is 27.2 Å². The summed E-state index contributed by atoms with van der Waals surface area (Å²) in [5.74, 6) is -0.0195. The van der Waals surface area contributed by atoms with Gasteiger partial charge in [-0.05, 0) is 66.8 Å². The molecule has 1 amide bonds. The molecule has 4 aromatic rings. The van der Waals surface area contributed by atoms with Crippen molar-refractivity contribution in [3.8, 4) is 11.1 Å². The van der Waals surface area contributed by atoms with E-state index >= 15 is 0 Å². The molecule has 1 heterocycles. The van der Waals surface area contributed by atoms with Crippen LogP contribution < -0.4 is 5.56 Å². The predicted molar refractivity (Wildman–Crippen MR) is 157 cm³/mol. The topological polar surface area (TPSA) is 55.2 Å². The Hall–Kier alpha value is -3.92. The molecule has 42 heavy (non-hydrogen) atoms. The lowest BCUT2D eigenvalue weighted by Gasteiger charge is -2.25. The third-order valence-electron chi connectivity index (χ3n) is 6.99. The Morgan fingerprint density at radius 3 is 2.05 bits per heavy atom. The number of carbonyl (C=O) groups is 1. The summed E-state index contributed by atoms with van der Waals surface area (Å²) < 4.78 is 53.8. The number of aromatic nitrogens is 2. The fourth-order valence-corrected chi connectivity index (χ4v) is 5.42. The second kappa shape index (κ2) is 13.4. The smallest absolute Gasteiger partial charge is 0.337 e. The van der Waals surface area contributed by atoms with Gasteiger partial charge in [0, 0.05) is 30.1 Å². The Morgan fingerprint density at radius 1 is 0.905 bits per heavy atom. The Bertz CT molecular complexity index is 1580. The van der Waals surface area contributed by atoms with Crippen molar-refractivity contribution in [1.29, 1.82) is 0 Å². The van der Waals surface area contributed by atoms with Crippen LogP contribution >= 0.6 is 11.8 Å². The van der Waals surface area contributed by atoms with Crippen LogP contribution in [0.1, 0.15) is 41.3 Å². The van der Waals surface area contributed by atoms with Gasteiger partial charge in [0.05, 0.1) is 5.56 Å². The average molecular weight is 598 g/mol. The van der Waals surface area contributed by atoms with Crippen LogP contribution in [0.25, 0.3) is 11.1 Å². The molecule has 0 aliphatic heterocycles. The predicted octanol–water partition coefficient (Wildman–Crippen LogP) is 7.42. The van der Waals surface area contributed by atoms with Gasteiger partial charge in [0.15, 0.2) is 5.16 Å².